The van der Waals surface area contributed by atoms with Crippen LogP contribution in [-0.4, -0.2) is 60.2 Å². The molecule has 1 aliphatic heterocycles. The number of hydrogen-bond donors (Lipinski definition) is 0. The van der Waals surface area contributed by atoms with Crippen LogP contribution < -0.4 is 0 Å². The SMILES string of the molecule is CC(c1cccc([N+](=O)[O-])c1)N(C)CC(=O)N(Cc1ccco1)C1CCS(=O)(=O)C1. The number of benzene rings is 1. The van der Waals surface area contributed by atoms with Gasteiger partial charge in [-0.15, -0.1) is 0 Å². The van der Waals surface area contributed by atoms with Gasteiger partial charge in [0.15, 0.2) is 9.84 Å². The van der Waals surface area contributed by atoms with Crippen molar-refractivity contribution >= 4 is 21.4 Å². The van der Waals surface area contributed by atoms with Gasteiger partial charge in [-0.3, -0.25) is 19.8 Å². The highest BCUT2D eigenvalue weighted by atomic mass is 32.2. The molecule has 1 aromatic heterocycles. The molecule has 1 aromatic carbocycles. The zero-order chi connectivity index (χ0) is 21.9. The van der Waals surface area contributed by atoms with E-state index >= 15 is 0 Å². The number of amides is 1. The van der Waals surface area contributed by atoms with Crippen molar-refractivity contribution in [3.05, 3.63) is 64.1 Å². The molecule has 9 nitrogen and oxygen atoms in total. The highest BCUT2D eigenvalue weighted by Crippen LogP contribution is 2.25. The lowest BCUT2D eigenvalue weighted by Gasteiger charge is -2.31. The van der Waals surface area contributed by atoms with Crippen LogP contribution in [0.2, 0.25) is 0 Å². The Labute approximate surface area is 175 Å². The van der Waals surface area contributed by atoms with Crippen molar-refractivity contribution in [2.45, 2.75) is 32.0 Å². The predicted octanol–water partition coefficient (Wildman–Crippen LogP) is 2.40. The molecule has 0 bridgehead atoms. The maximum Gasteiger partial charge on any atom is 0.269 e. The van der Waals surface area contributed by atoms with Gasteiger partial charge in [-0.25, -0.2) is 8.42 Å². The molecular formula is C20H25N3O6S. The first kappa shape index (κ1) is 22.0. The molecule has 2 atom stereocenters. The molecule has 30 heavy (non-hydrogen) atoms. The minimum absolute atomic E-state index is 0.00492. The van der Waals surface area contributed by atoms with Crippen molar-refractivity contribution in [2.24, 2.45) is 0 Å². The monoisotopic (exact) mass is 435 g/mol. The summed E-state index contributed by atoms with van der Waals surface area (Å²) in [6.45, 7) is 2.11. The largest absolute Gasteiger partial charge is 0.467 e. The average molecular weight is 436 g/mol. The number of nitro benzene ring substituents is 1. The maximum atomic E-state index is 13.1. The molecule has 10 heteroatoms. The number of nitro groups is 1. The lowest BCUT2D eigenvalue weighted by Crippen LogP contribution is -2.45. The molecular weight excluding hydrogens is 410 g/mol. The van der Waals surface area contributed by atoms with E-state index < -0.39 is 20.8 Å². The summed E-state index contributed by atoms with van der Waals surface area (Å²) in [5.41, 5.74) is 0.718. The number of rotatable bonds is 8. The zero-order valence-corrected chi connectivity index (χ0v) is 17.7. The molecule has 0 N–H and O–H groups in total. The first-order valence-electron chi connectivity index (χ1n) is 9.63. The van der Waals surface area contributed by atoms with E-state index in [1.165, 1.54) is 18.4 Å². The highest BCUT2D eigenvalue weighted by molar-refractivity contribution is 7.91. The number of carbonyl (C=O) groups excluding carboxylic acids is 1. The molecule has 0 saturated carbocycles. The van der Waals surface area contributed by atoms with E-state index in [2.05, 4.69) is 0 Å². The summed E-state index contributed by atoms with van der Waals surface area (Å²) in [4.78, 5) is 27.1. The number of likely N-dealkylation sites (N-methyl/N-ethyl adjacent to an activating group) is 1. The van der Waals surface area contributed by atoms with E-state index in [0.29, 0.717) is 12.2 Å². The second-order valence-electron chi connectivity index (χ2n) is 7.60. The van der Waals surface area contributed by atoms with E-state index in [4.69, 9.17) is 4.42 Å². The molecule has 0 aliphatic carbocycles. The molecule has 3 rings (SSSR count). The minimum Gasteiger partial charge on any atom is -0.467 e. The third-order valence-corrected chi connectivity index (χ3v) is 7.24. The summed E-state index contributed by atoms with van der Waals surface area (Å²) in [7, 11) is -1.39. The fraction of sp³-hybridized carbons (Fsp3) is 0.450. The van der Waals surface area contributed by atoms with E-state index in [-0.39, 0.29) is 42.2 Å². The fourth-order valence-corrected chi connectivity index (χ4v) is 5.34. The Hall–Kier alpha value is -2.72. The molecule has 0 radical (unpaired) electrons. The van der Waals surface area contributed by atoms with Crippen LogP contribution in [0, 0.1) is 10.1 Å². The highest BCUT2D eigenvalue weighted by Gasteiger charge is 2.35. The lowest BCUT2D eigenvalue weighted by molar-refractivity contribution is -0.384. The van der Waals surface area contributed by atoms with Crippen molar-refractivity contribution in [2.75, 3.05) is 25.1 Å². The van der Waals surface area contributed by atoms with Crippen molar-refractivity contribution in [1.29, 1.82) is 0 Å². The van der Waals surface area contributed by atoms with Gasteiger partial charge in [0.05, 0.1) is 35.8 Å². The van der Waals surface area contributed by atoms with Gasteiger partial charge in [0.2, 0.25) is 5.91 Å². The van der Waals surface area contributed by atoms with Crippen LogP contribution in [0.3, 0.4) is 0 Å². The van der Waals surface area contributed by atoms with Gasteiger partial charge in [-0.05, 0) is 38.1 Å². The summed E-state index contributed by atoms with van der Waals surface area (Å²) in [6, 6.07) is 9.15. The first-order chi connectivity index (χ1) is 14.2. The lowest BCUT2D eigenvalue weighted by atomic mass is 10.1. The summed E-state index contributed by atoms with van der Waals surface area (Å²) < 4.78 is 29.3. The molecule has 0 spiro atoms. The fourth-order valence-electron chi connectivity index (χ4n) is 3.61. The second kappa shape index (κ2) is 8.97. The van der Waals surface area contributed by atoms with E-state index in [1.54, 1.807) is 41.1 Å². The molecule has 2 heterocycles. The summed E-state index contributed by atoms with van der Waals surface area (Å²) in [6.07, 6.45) is 1.92. The number of hydrogen-bond acceptors (Lipinski definition) is 7. The van der Waals surface area contributed by atoms with Crippen LogP contribution in [0.1, 0.15) is 30.7 Å². The Balaban J connectivity index is 1.74. The van der Waals surface area contributed by atoms with Gasteiger partial charge in [0, 0.05) is 24.2 Å². The van der Waals surface area contributed by atoms with E-state index in [1.807, 2.05) is 6.92 Å². The van der Waals surface area contributed by atoms with E-state index in [9.17, 15) is 23.3 Å². The average Bonchev–Trinajstić information content (AvgIpc) is 3.34. The van der Waals surface area contributed by atoms with Crippen LogP contribution in [0.15, 0.2) is 47.1 Å². The number of nitrogens with zero attached hydrogens (tertiary/aromatic N) is 3. The third kappa shape index (κ3) is 5.25. The van der Waals surface area contributed by atoms with Gasteiger partial charge < -0.3 is 9.32 Å². The number of carbonyl (C=O) groups is 1. The Morgan fingerprint density at radius 2 is 2.10 bits per heavy atom. The van der Waals surface area contributed by atoms with Gasteiger partial charge >= 0.3 is 0 Å². The number of sulfone groups is 1. The van der Waals surface area contributed by atoms with Crippen LogP contribution in [0.25, 0.3) is 0 Å². The topological polar surface area (TPSA) is 114 Å². The van der Waals surface area contributed by atoms with Gasteiger partial charge in [-0.2, -0.15) is 0 Å². The summed E-state index contributed by atoms with van der Waals surface area (Å²) in [5, 5.41) is 11.0. The summed E-state index contributed by atoms with van der Waals surface area (Å²) >= 11 is 0. The molecule has 2 aromatic rings. The van der Waals surface area contributed by atoms with Crippen molar-refractivity contribution in [3.8, 4) is 0 Å². The smallest absolute Gasteiger partial charge is 0.269 e. The Morgan fingerprint density at radius 1 is 1.33 bits per heavy atom. The number of non-ortho nitro benzene ring substituents is 1. The standard InChI is InChI=1S/C20H25N3O6S/c1-15(16-5-3-6-17(11-16)23(25)26)21(2)13-20(24)22(12-19-7-4-9-29-19)18-8-10-30(27,28)14-18/h3-7,9,11,15,18H,8,10,12-14H2,1-2H3. The third-order valence-electron chi connectivity index (χ3n) is 5.49. The quantitative estimate of drug-likeness (QED) is 0.462. The zero-order valence-electron chi connectivity index (χ0n) is 16.9. The normalized spacial score (nSPS) is 19.0. The Bertz CT molecular complexity index is 1010. The maximum absolute atomic E-state index is 13.1. The van der Waals surface area contributed by atoms with Crippen molar-refractivity contribution in [1.82, 2.24) is 9.80 Å². The van der Waals surface area contributed by atoms with Crippen LogP contribution in [0.5, 0.6) is 0 Å². The second-order valence-corrected chi connectivity index (χ2v) is 9.83. The van der Waals surface area contributed by atoms with Crippen molar-refractivity contribution < 1.29 is 22.6 Å². The summed E-state index contributed by atoms with van der Waals surface area (Å²) in [5.74, 6) is 0.388. The minimum atomic E-state index is -3.16. The molecule has 1 aliphatic rings. The van der Waals surface area contributed by atoms with Gasteiger partial charge in [0.25, 0.3) is 5.69 Å². The van der Waals surface area contributed by atoms with Crippen LogP contribution >= 0.6 is 0 Å². The Morgan fingerprint density at radius 3 is 2.70 bits per heavy atom. The van der Waals surface area contributed by atoms with Gasteiger partial charge in [0.1, 0.15) is 5.76 Å². The van der Waals surface area contributed by atoms with E-state index in [0.717, 1.165) is 5.56 Å². The molecule has 1 saturated heterocycles. The van der Waals surface area contributed by atoms with Crippen molar-refractivity contribution in [3.63, 3.8) is 0 Å². The van der Waals surface area contributed by atoms with Gasteiger partial charge in [-0.1, -0.05) is 12.1 Å². The number of furan rings is 1. The van der Waals surface area contributed by atoms with Crippen LogP contribution in [0.4, 0.5) is 5.69 Å². The van der Waals surface area contributed by atoms with Crippen LogP contribution in [-0.2, 0) is 21.2 Å². The molecule has 1 amide bonds. The predicted molar refractivity (Wildman–Crippen MR) is 110 cm³/mol. The Kier molecular flexibility index (Phi) is 6.57. The molecule has 162 valence electrons. The molecule has 2 unspecified atom stereocenters. The first-order valence-corrected chi connectivity index (χ1v) is 11.5. The molecule has 1 fully saturated rings.